The van der Waals surface area contributed by atoms with E-state index in [1.807, 2.05) is 12.2 Å². The second-order valence-corrected chi connectivity index (χ2v) is 8.44. The second-order valence-electron chi connectivity index (χ2n) is 8.44. The van der Waals surface area contributed by atoms with Crippen molar-refractivity contribution >= 4 is 11.8 Å². The largest absolute Gasteiger partial charge is 0.353 e. The predicted octanol–water partition coefficient (Wildman–Crippen LogP) is 4.71. The highest BCUT2D eigenvalue weighted by Crippen LogP contribution is 2.07. The molecule has 30 heavy (non-hydrogen) atoms. The minimum absolute atomic E-state index is 0.0818. The highest BCUT2D eigenvalue weighted by molar-refractivity contribution is 5.83. The van der Waals surface area contributed by atoms with E-state index in [-0.39, 0.29) is 18.2 Å². The lowest BCUT2D eigenvalue weighted by Gasteiger charge is -2.11. The summed E-state index contributed by atoms with van der Waals surface area (Å²) < 4.78 is 0. The highest BCUT2D eigenvalue weighted by Gasteiger charge is 2.14. The molecule has 0 aliphatic carbocycles. The summed E-state index contributed by atoms with van der Waals surface area (Å²) >= 11 is 0. The molecule has 0 aromatic carbocycles. The van der Waals surface area contributed by atoms with Crippen LogP contribution >= 0.6 is 0 Å². The third kappa shape index (κ3) is 16.8. The van der Waals surface area contributed by atoms with Gasteiger partial charge in [-0.05, 0) is 73.6 Å². The zero-order valence-corrected chi connectivity index (χ0v) is 19.9. The SMILES string of the molecule is CC(C)=CCCC(C)=CCNC(=O)CCC(N)C(=O)NCC=C(C)CCC=C(C)C. The van der Waals surface area contributed by atoms with Gasteiger partial charge in [-0.3, -0.25) is 9.59 Å². The van der Waals surface area contributed by atoms with E-state index in [2.05, 4.69) is 64.3 Å². The highest BCUT2D eigenvalue weighted by atomic mass is 16.2. The monoisotopic (exact) mass is 417 g/mol. The number of carbonyl (C=O) groups excluding carboxylic acids is 2. The molecule has 0 saturated carbocycles. The number of nitrogens with one attached hydrogen (secondary N) is 2. The zero-order chi connectivity index (χ0) is 22.9. The maximum absolute atomic E-state index is 12.1. The van der Waals surface area contributed by atoms with E-state index in [0.717, 1.165) is 25.7 Å². The van der Waals surface area contributed by atoms with Crippen molar-refractivity contribution in [3.8, 4) is 0 Å². The van der Waals surface area contributed by atoms with Gasteiger partial charge >= 0.3 is 0 Å². The topological polar surface area (TPSA) is 84.2 Å². The molecule has 0 aromatic heterocycles. The van der Waals surface area contributed by atoms with Crippen LogP contribution in [0.15, 0.2) is 46.6 Å². The fourth-order valence-electron chi connectivity index (χ4n) is 2.68. The summed E-state index contributed by atoms with van der Waals surface area (Å²) in [5.41, 5.74) is 11.1. The molecule has 0 bridgehead atoms. The van der Waals surface area contributed by atoms with Crippen LogP contribution in [0, 0.1) is 0 Å². The molecule has 0 aromatic rings. The van der Waals surface area contributed by atoms with Crippen molar-refractivity contribution in [1.29, 1.82) is 0 Å². The van der Waals surface area contributed by atoms with Crippen molar-refractivity contribution in [1.82, 2.24) is 10.6 Å². The van der Waals surface area contributed by atoms with Gasteiger partial charge in [0.15, 0.2) is 0 Å². The van der Waals surface area contributed by atoms with Gasteiger partial charge in [-0.2, -0.15) is 0 Å². The van der Waals surface area contributed by atoms with Crippen LogP contribution in [0.4, 0.5) is 0 Å². The van der Waals surface area contributed by atoms with Crippen LogP contribution in [0.25, 0.3) is 0 Å². The number of carbonyl (C=O) groups is 2. The first kappa shape index (κ1) is 27.9. The summed E-state index contributed by atoms with van der Waals surface area (Å²) in [4.78, 5) is 24.0. The van der Waals surface area contributed by atoms with Gasteiger partial charge in [0.1, 0.15) is 0 Å². The first-order valence-electron chi connectivity index (χ1n) is 11.0. The lowest BCUT2D eigenvalue weighted by atomic mass is 10.1. The maximum Gasteiger partial charge on any atom is 0.237 e. The van der Waals surface area contributed by atoms with Crippen molar-refractivity contribution in [2.75, 3.05) is 13.1 Å². The molecule has 0 rings (SSSR count). The van der Waals surface area contributed by atoms with E-state index in [1.165, 1.54) is 22.3 Å². The van der Waals surface area contributed by atoms with E-state index in [1.54, 1.807) is 0 Å². The molecule has 170 valence electrons. The second kappa shape index (κ2) is 16.6. The molecule has 0 fully saturated rings. The molecule has 4 N–H and O–H groups in total. The average Bonchev–Trinajstić information content (AvgIpc) is 2.65. The van der Waals surface area contributed by atoms with Gasteiger partial charge in [0.05, 0.1) is 6.04 Å². The smallest absolute Gasteiger partial charge is 0.237 e. The summed E-state index contributed by atoms with van der Waals surface area (Å²) in [6.45, 7) is 13.5. The molecule has 0 spiro atoms. The Morgan fingerprint density at radius 2 is 1.20 bits per heavy atom. The average molecular weight is 418 g/mol. The first-order chi connectivity index (χ1) is 14.1. The third-order valence-corrected chi connectivity index (χ3v) is 4.68. The fraction of sp³-hybridized carbons (Fsp3) is 0.600. The summed E-state index contributed by atoms with van der Waals surface area (Å²) in [6.07, 6.45) is 13.1. The lowest BCUT2D eigenvalue weighted by Crippen LogP contribution is -2.41. The number of nitrogens with two attached hydrogens (primary N) is 1. The standard InChI is InChI=1S/C25H43N3O2/c1-19(2)9-7-11-21(5)15-17-27-24(29)14-13-23(26)25(30)28-18-16-22(6)12-8-10-20(3)4/h9-10,15-16,23H,7-8,11-14,17-18,26H2,1-6H3,(H,27,29)(H,28,30). The normalized spacial score (nSPS) is 12.8. The van der Waals surface area contributed by atoms with Gasteiger partial charge in [-0.1, -0.05) is 46.6 Å². The van der Waals surface area contributed by atoms with Gasteiger partial charge in [-0.25, -0.2) is 0 Å². The molecule has 0 aliphatic heterocycles. The maximum atomic E-state index is 12.1. The molecular weight excluding hydrogens is 374 g/mol. The zero-order valence-electron chi connectivity index (χ0n) is 19.9. The van der Waals surface area contributed by atoms with Gasteiger partial charge in [-0.15, -0.1) is 0 Å². The number of allylic oxidation sites excluding steroid dienone is 6. The van der Waals surface area contributed by atoms with Crippen LogP contribution in [0.1, 0.15) is 80.1 Å². The van der Waals surface area contributed by atoms with Gasteiger partial charge in [0, 0.05) is 19.5 Å². The Morgan fingerprint density at radius 1 is 0.733 bits per heavy atom. The van der Waals surface area contributed by atoms with Crippen LogP contribution < -0.4 is 16.4 Å². The molecule has 0 aliphatic rings. The number of hydrogen-bond acceptors (Lipinski definition) is 3. The van der Waals surface area contributed by atoms with E-state index in [0.29, 0.717) is 19.5 Å². The Kier molecular flexibility index (Phi) is 15.4. The Balaban J connectivity index is 4.06. The molecule has 2 amide bonds. The number of rotatable bonds is 14. The number of amides is 2. The Hall–Kier alpha value is -2.14. The third-order valence-electron chi connectivity index (χ3n) is 4.68. The molecule has 0 radical (unpaired) electrons. The molecule has 1 unspecified atom stereocenters. The van der Waals surface area contributed by atoms with Crippen molar-refractivity contribution in [2.45, 2.75) is 86.1 Å². The molecule has 0 heterocycles. The molecular formula is C25H43N3O2. The van der Waals surface area contributed by atoms with Crippen molar-refractivity contribution in [3.05, 3.63) is 46.6 Å². The quantitative estimate of drug-likeness (QED) is 0.358. The van der Waals surface area contributed by atoms with E-state index >= 15 is 0 Å². The Morgan fingerprint density at radius 3 is 1.67 bits per heavy atom. The summed E-state index contributed by atoms with van der Waals surface area (Å²) in [5.74, 6) is -0.298. The molecule has 1 atom stereocenters. The van der Waals surface area contributed by atoms with E-state index < -0.39 is 6.04 Å². The Labute approximate surface area is 184 Å². The minimum Gasteiger partial charge on any atom is -0.353 e. The lowest BCUT2D eigenvalue weighted by molar-refractivity contribution is -0.123. The minimum atomic E-state index is -0.670. The van der Waals surface area contributed by atoms with Crippen LogP contribution in [0.2, 0.25) is 0 Å². The predicted molar refractivity (Wildman–Crippen MR) is 128 cm³/mol. The van der Waals surface area contributed by atoms with E-state index in [4.69, 9.17) is 5.73 Å². The fourth-order valence-corrected chi connectivity index (χ4v) is 2.68. The van der Waals surface area contributed by atoms with Crippen LogP contribution in [-0.2, 0) is 9.59 Å². The van der Waals surface area contributed by atoms with Crippen LogP contribution in [0.3, 0.4) is 0 Å². The Bertz CT molecular complexity index is 649. The van der Waals surface area contributed by atoms with Crippen molar-refractivity contribution < 1.29 is 9.59 Å². The van der Waals surface area contributed by atoms with Crippen molar-refractivity contribution in [3.63, 3.8) is 0 Å². The molecule has 5 heteroatoms. The van der Waals surface area contributed by atoms with E-state index in [9.17, 15) is 9.59 Å². The first-order valence-corrected chi connectivity index (χ1v) is 11.0. The van der Waals surface area contributed by atoms with Crippen LogP contribution in [0.5, 0.6) is 0 Å². The summed E-state index contributed by atoms with van der Waals surface area (Å²) in [7, 11) is 0. The van der Waals surface area contributed by atoms with Crippen molar-refractivity contribution in [2.24, 2.45) is 5.73 Å². The van der Waals surface area contributed by atoms with Gasteiger partial charge in [0.25, 0.3) is 0 Å². The van der Waals surface area contributed by atoms with Gasteiger partial charge in [0.2, 0.25) is 11.8 Å². The number of hydrogen-bond donors (Lipinski definition) is 3. The van der Waals surface area contributed by atoms with Crippen LogP contribution in [-0.4, -0.2) is 30.9 Å². The molecule has 0 saturated heterocycles. The summed E-state index contributed by atoms with van der Waals surface area (Å²) in [6, 6.07) is -0.670. The summed E-state index contributed by atoms with van der Waals surface area (Å²) in [5, 5.41) is 5.68. The van der Waals surface area contributed by atoms with Gasteiger partial charge < -0.3 is 16.4 Å². The molecule has 5 nitrogen and oxygen atoms in total.